The van der Waals surface area contributed by atoms with Crippen molar-refractivity contribution >= 4 is 87.0 Å². The summed E-state index contributed by atoms with van der Waals surface area (Å²) >= 11 is 0. The van der Waals surface area contributed by atoms with Crippen LogP contribution in [0.2, 0.25) is 0 Å². The second-order valence-corrected chi connectivity index (χ2v) is 17.8. The van der Waals surface area contributed by atoms with E-state index in [9.17, 15) is 54.9 Å². The second-order valence-electron chi connectivity index (χ2n) is 17.8. The quantitative estimate of drug-likeness (QED) is 0.0373. The number of ether oxygens (including phenoxy) is 4. The van der Waals surface area contributed by atoms with Gasteiger partial charge in [-0.15, -0.1) is 12.8 Å². The molecule has 0 aliphatic carbocycles. The third kappa shape index (κ3) is 22.4. The predicted octanol–water partition coefficient (Wildman–Crippen LogP) is 23.8. The van der Waals surface area contributed by atoms with Gasteiger partial charge in [-0.3, -0.25) is 4.79 Å². The van der Waals surface area contributed by atoms with E-state index in [-0.39, 0.29) is 321 Å². The van der Waals surface area contributed by atoms with Gasteiger partial charge in [0.1, 0.15) is 57.5 Å². The van der Waals surface area contributed by atoms with Crippen LogP contribution in [0.3, 0.4) is 0 Å². The maximum atomic E-state index is 13.3. The Kier molecular flexibility index (Phi) is 79.2. The van der Waals surface area contributed by atoms with Gasteiger partial charge in [0, 0.05) is 49.4 Å². The van der Waals surface area contributed by atoms with E-state index in [1.807, 2.05) is 0 Å². The van der Waals surface area contributed by atoms with E-state index in [2.05, 4.69) is 11.8 Å². The molecule has 102 heavy (non-hydrogen) atoms. The minimum atomic E-state index is -1.58. The monoisotopic (exact) mass is 1460 g/mol. The lowest BCUT2D eigenvalue weighted by Crippen LogP contribution is -2.62. The number of rotatable bonds is 4. The zero-order chi connectivity index (χ0) is 50.9. The molecule has 19 heteroatoms. The van der Waals surface area contributed by atoms with E-state index >= 15 is 0 Å². The molecule has 0 amide bonds. The van der Waals surface area contributed by atoms with Crippen molar-refractivity contribution in [2.45, 2.75) is 299 Å². The van der Waals surface area contributed by atoms with E-state index in [0.717, 1.165) is 0 Å². The van der Waals surface area contributed by atoms with Gasteiger partial charge in [-0.2, -0.15) is 0 Å². The summed E-state index contributed by atoms with van der Waals surface area (Å²) in [6.07, 6.45) is -0.196. The number of hydrogen-bond acceptors (Lipinski definition) is 19. The molecule has 19 nitrogen and oxygen atoms in total. The van der Waals surface area contributed by atoms with Crippen molar-refractivity contribution in [3.05, 3.63) is 113 Å². The van der Waals surface area contributed by atoms with Crippen molar-refractivity contribution in [2.75, 3.05) is 0 Å². The summed E-state index contributed by atoms with van der Waals surface area (Å²) in [6.45, 7) is 4.73. The van der Waals surface area contributed by atoms with E-state index in [1.54, 1.807) is 13.8 Å². The Balaban J connectivity index is -0.0000000603. The molecule has 6 aromatic carbocycles. The Labute approximate surface area is 622 Å². The van der Waals surface area contributed by atoms with E-state index in [4.69, 9.17) is 49.5 Å². The van der Waals surface area contributed by atoms with Crippen molar-refractivity contribution in [1.82, 2.24) is 0 Å². The first kappa shape index (κ1) is 148. The highest BCUT2D eigenvalue weighted by molar-refractivity contribution is 6.30. The van der Waals surface area contributed by atoms with Crippen molar-refractivity contribution < 1.29 is 72.4 Å². The molecule has 6 heterocycles. The van der Waals surface area contributed by atoms with Crippen molar-refractivity contribution in [2.24, 2.45) is 5.92 Å². The minimum absolute atomic E-state index is 0. The maximum absolute atomic E-state index is 13.3. The molecular formula is C83H158O19. The lowest BCUT2D eigenvalue weighted by molar-refractivity contribution is -0.346. The highest BCUT2D eigenvalue weighted by atomic mass is 16.8. The fraction of sp³-hybridized carbons (Fsp3) is 0.518. The molecule has 604 valence electrons. The fourth-order valence-electron chi connectivity index (χ4n) is 9.98. The number of aliphatic hydroxyl groups is 4. The predicted molar refractivity (Wildman–Crippen MR) is 460 cm³/mol. The number of hydrogen-bond donors (Lipinski definition) is 7. The smallest absolute Gasteiger partial charge is 0.348 e. The van der Waals surface area contributed by atoms with Crippen LogP contribution < -0.4 is 27.0 Å². The van der Waals surface area contributed by atoms with Crippen LogP contribution >= 0.6 is 0 Å². The third-order valence-corrected chi connectivity index (χ3v) is 13.6. The molecule has 2 aliphatic rings. The average Bonchev–Trinajstić information content (AvgIpc) is 0.714. The fourth-order valence-corrected chi connectivity index (χ4v) is 9.98. The van der Waals surface area contributed by atoms with Gasteiger partial charge in [-0.1, -0.05) is 266 Å². The first-order chi connectivity index (χ1) is 34.4. The molecule has 10 aromatic rings. The number of phenols is 2. The molecule has 4 aromatic heterocycles. The van der Waals surface area contributed by atoms with Crippen LogP contribution in [0.1, 0.15) is 255 Å². The normalized spacial score (nSPS) is 17.4. The van der Waals surface area contributed by atoms with E-state index < -0.39 is 95.2 Å². The zero-order valence-electron chi connectivity index (χ0n) is 37.7. The molecule has 0 spiro atoms. The van der Waals surface area contributed by atoms with Crippen LogP contribution in [-0.2, 0) is 14.2 Å². The molecule has 2 fully saturated rings. The first-order valence-electron chi connectivity index (χ1n) is 22.3. The Morgan fingerprint density at radius 3 is 1.21 bits per heavy atom. The van der Waals surface area contributed by atoms with Gasteiger partial charge in [0.05, 0.1) is 39.9 Å². The van der Waals surface area contributed by atoms with Crippen LogP contribution in [0.5, 0.6) is 23.2 Å². The molecule has 10 atom stereocenters. The van der Waals surface area contributed by atoms with E-state index in [1.165, 1.54) is 67.6 Å². The van der Waals surface area contributed by atoms with Gasteiger partial charge in [-0.25, -0.2) is 14.4 Å². The summed E-state index contributed by atoms with van der Waals surface area (Å²) in [4.78, 5) is 51.4. The largest absolute Gasteiger partial charge is 0.506 e. The van der Waals surface area contributed by atoms with Crippen molar-refractivity contribution in [1.29, 1.82) is 0 Å². The number of fused-ring (bicyclic) bond motifs is 4. The van der Waals surface area contributed by atoms with Gasteiger partial charge < -0.3 is 72.4 Å². The Bertz CT molecular complexity index is 4240. The maximum Gasteiger partial charge on any atom is 0.348 e. The van der Waals surface area contributed by atoms with Crippen LogP contribution in [0.4, 0.5) is 0 Å². The third-order valence-electron chi connectivity index (χ3n) is 13.6. The molecule has 4 unspecified atom stereocenters. The summed E-state index contributed by atoms with van der Waals surface area (Å²) in [6, 6.07) is 14.6. The van der Waals surface area contributed by atoms with Crippen LogP contribution in [0.15, 0.2) is 97.5 Å². The second kappa shape index (κ2) is 54.5. The lowest BCUT2D eigenvalue weighted by atomic mass is 9.91. The van der Waals surface area contributed by atoms with Crippen LogP contribution in [0, 0.1) is 30.6 Å². The Morgan fingerprint density at radius 1 is 0.382 bits per heavy atom. The number of benzene rings is 6. The SMILES string of the molecule is C.C.C.C.C.C.C.C.C.C.C.C.C.C.C.C.C.C.C.C.C.C.C.C.C.C.C.C.C.C.C#Cc1cc2oc(=O)c3c(O)c4cccc(=O)c4c4oc(O)c(c1)c2c34.C#Cc1cc2oc(=O)c3c(O)c4cccc(O[C@@H]5OC(C)[C@H](O)[C@H](O)C5O[C@H]5OC(C)[C@H](O)C(C)[C@H]5O)c4c4oc(=O)c(c1)c2c34. The number of aliphatic hydroxyl groups excluding tert-OH is 4. The van der Waals surface area contributed by atoms with Gasteiger partial charge in [0.25, 0.3) is 5.95 Å². The highest BCUT2D eigenvalue weighted by Gasteiger charge is 2.50. The molecule has 2 saturated heterocycles. The van der Waals surface area contributed by atoms with E-state index in [0.29, 0.717) is 10.9 Å². The number of phenolic OH excluding ortho intramolecular Hbond substituents is 2. The number of terminal acetylenes is 2. The average molecular weight is 1460 g/mol. The van der Waals surface area contributed by atoms with Gasteiger partial charge in [0.15, 0.2) is 29.0 Å². The summed E-state index contributed by atoms with van der Waals surface area (Å²) < 4.78 is 46.0. The Morgan fingerprint density at radius 2 is 0.765 bits per heavy atom. The van der Waals surface area contributed by atoms with Crippen LogP contribution in [0.25, 0.3) is 87.0 Å². The molecule has 7 N–H and O–H groups in total. The molecular weight excluding hydrogens is 1300 g/mol. The topological polar surface area (TPSA) is 299 Å². The summed E-state index contributed by atoms with van der Waals surface area (Å²) in [5.41, 5.74) is -2.16. The molecule has 0 bridgehead atoms. The molecule has 0 radical (unpaired) electrons. The van der Waals surface area contributed by atoms with Gasteiger partial charge >= 0.3 is 16.9 Å². The van der Waals surface area contributed by atoms with Crippen molar-refractivity contribution in [3.8, 4) is 47.9 Å². The molecule has 12 rings (SSSR count). The Hall–Kier alpha value is -8.24. The summed E-state index contributed by atoms with van der Waals surface area (Å²) in [5.74, 6) is 2.88. The molecule has 0 saturated carbocycles. The summed E-state index contributed by atoms with van der Waals surface area (Å²) in [5, 5.41) is 76.4. The highest BCUT2D eigenvalue weighted by Crippen LogP contribution is 2.47. The standard InChI is InChI=1S/C33H30O13.C20H8O6.30CH4/c1-5-14-9-16-19-18(10-14)43-31(40)22-21(19)28(45-30(16)39)20-15(26(22)37)7-6-8-17(20)44-33-29(27(38)25(36)13(4)42-33)46-32-24(35)11(2)23(34)12(3)41-32;1-2-8-6-10-14-12(7-8)25-20(24)16-15(14)18(26-19(10)23)13-9(17(16)22)4-3-5-11(13)21;;;;;;;;;;;;;;;;;;;;;;;;;;;;;;/h1,6-13,23-25,27,29,32-38H,2-4H3;1,3-7,22-23H;30*1H4/t11?,12?,13?,23-,24-,25+,27+,29?,32-,33+;;;;;;;;;;;;;;;;;;;;;;;;;;;;;;;/m1.............................../s1. The van der Waals surface area contributed by atoms with Crippen LogP contribution in [-0.4, -0.2) is 91.1 Å². The molecule has 2 aliphatic heterocycles. The minimum Gasteiger partial charge on any atom is -0.506 e. The van der Waals surface area contributed by atoms with Crippen molar-refractivity contribution in [3.63, 3.8) is 0 Å². The summed E-state index contributed by atoms with van der Waals surface area (Å²) in [7, 11) is 0. The first-order valence-corrected chi connectivity index (χ1v) is 22.3. The zero-order valence-corrected chi connectivity index (χ0v) is 37.7. The van der Waals surface area contributed by atoms with Gasteiger partial charge in [0.2, 0.25) is 6.29 Å². The van der Waals surface area contributed by atoms with Gasteiger partial charge in [-0.05, 0) is 50.2 Å². The lowest BCUT2D eigenvalue weighted by Gasteiger charge is -2.45. The number of aromatic hydroxyl groups is 3.